The van der Waals surface area contributed by atoms with E-state index < -0.39 is 24.1 Å². The van der Waals surface area contributed by atoms with Crippen molar-refractivity contribution in [2.75, 3.05) is 6.61 Å². The van der Waals surface area contributed by atoms with Gasteiger partial charge in [0.05, 0.1) is 6.61 Å². The fourth-order valence-electron chi connectivity index (χ4n) is 2.16. The molecule has 114 valence electrons. The molecule has 0 amide bonds. The minimum Gasteiger partial charge on any atom is -0.461 e. The molecule has 1 aromatic rings. The van der Waals surface area contributed by atoms with Crippen molar-refractivity contribution in [3.63, 3.8) is 0 Å². The van der Waals surface area contributed by atoms with Crippen LogP contribution in [0.5, 0.6) is 0 Å². The Morgan fingerprint density at radius 3 is 2.52 bits per heavy atom. The van der Waals surface area contributed by atoms with Crippen molar-refractivity contribution in [2.24, 2.45) is 5.10 Å². The van der Waals surface area contributed by atoms with Gasteiger partial charge >= 0.3 is 12.1 Å². The summed E-state index contributed by atoms with van der Waals surface area (Å²) in [5.41, 5.74) is 0.321. The second-order valence-electron chi connectivity index (χ2n) is 4.84. The van der Waals surface area contributed by atoms with Gasteiger partial charge < -0.3 is 4.74 Å². The number of nitrogens with zero attached hydrogens (tertiary/aromatic N) is 1. The van der Waals surface area contributed by atoms with Gasteiger partial charge in [0.1, 0.15) is 5.71 Å². The van der Waals surface area contributed by atoms with Crippen LogP contribution < -0.4 is 5.43 Å². The van der Waals surface area contributed by atoms with E-state index in [0.29, 0.717) is 0 Å². The van der Waals surface area contributed by atoms with Gasteiger partial charge in [-0.05, 0) is 19.4 Å². The highest BCUT2D eigenvalue weighted by Gasteiger charge is 2.59. The third-order valence-electron chi connectivity index (χ3n) is 3.35. The summed E-state index contributed by atoms with van der Waals surface area (Å²) in [6, 6.07) is 5.96. The van der Waals surface area contributed by atoms with Crippen LogP contribution >= 0.6 is 0 Å². The zero-order valence-electron chi connectivity index (χ0n) is 11.6. The Morgan fingerprint density at radius 1 is 1.38 bits per heavy atom. The molecular formula is C14H15F3N2O2. The van der Waals surface area contributed by atoms with Crippen molar-refractivity contribution in [2.45, 2.75) is 32.0 Å². The van der Waals surface area contributed by atoms with Gasteiger partial charge in [0, 0.05) is 6.42 Å². The number of nitrogens with one attached hydrogen (secondary N) is 1. The summed E-state index contributed by atoms with van der Waals surface area (Å²) in [5, 5.41) is 3.55. The van der Waals surface area contributed by atoms with Crippen molar-refractivity contribution in [1.29, 1.82) is 0 Å². The third kappa shape index (κ3) is 2.72. The minimum absolute atomic E-state index is 0.0173. The Labute approximate surface area is 120 Å². The number of carbonyl (C=O) groups excluding carboxylic acids is 1. The largest absolute Gasteiger partial charge is 0.461 e. The molecule has 1 aliphatic heterocycles. The van der Waals surface area contributed by atoms with Gasteiger partial charge in [0.25, 0.3) is 0 Å². The lowest BCUT2D eigenvalue weighted by Crippen LogP contribution is -2.50. The molecule has 1 atom stereocenters. The van der Waals surface area contributed by atoms with E-state index in [1.165, 1.54) is 12.1 Å². The maximum Gasteiger partial charge on any atom is 0.417 e. The number of hydrogen-bond acceptors (Lipinski definition) is 4. The number of aryl methyl sites for hydroxylation is 1. The average molecular weight is 300 g/mol. The predicted octanol–water partition coefficient (Wildman–Crippen LogP) is 2.67. The van der Waals surface area contributed by atoms with Crippen molar-refractivity contribution in [3.05, 3.63) is 35.4 Å². The van der Waals surface area contributed by atoms with E-state index >= 15 is 0 Å². The van der Waals surface area contributed by atoms with E-state index in [4.69, 9.17) is 4.74 Å². The second kappa shape index (κ2) is 5.38. The van der Waals surface area contributed by atoms with E-state index in [1.54, 1.807) is 26.0 Å². The highest BCUT2D eigenvalue weighted by Crippen LogP contribution is 2.44. The molecule has 4 nitrogen and oxygen atoms in total. The first-order valence-electron chi connectivity index (χ1n) is 6.45. The SMILES string of the molecule is CCOC(=O)C1=NNC(c2ccc(C)cc2)(C(F)(F)F)C1. The molecule has 0 aliphatic carbocycles. The lowest BCUT2D eigenvalue weighted by molar-refractivity contribution is -0.196. The van der Waals surface area contributed by atoms with Crippen LogP contribution in [-0.4, -0.2) is 24.5 Å². The van der Waals surface area contributed by atoms with Crippen LogP contribution in [0.1, 0.15) is 24.5 Å². The molecular weight excluding hydrogens is 285 g/mol. The lowest BCUT2D eigenvalue weighted by Gasteiger charge is -2.31. The molecule has 1 heterocycles. The van der Waals surface area contributed by atoms with E-state index in [0.717, 1.165) is 5.56 Å². The summed E-state index contributed by atoms with van der Waals surface area (Å²) in [5.74, 6) is -0.830. The molecule has 0 spiro atoms. The minimum atomic E-state index is -4.60. The van der Waals surface area contributed by atoms with Gasteiger partial charge in [0.15, 0.2) is 5.54 Å². The van der Waals surface area contributed by atoms with E-state index in [2.05, 4.69) is 10.5 Å². The smallest absolute Gasteiger partial charge is 0.417 e. The molecule has 2 rings (SSSR count). The normalized spacial score (nSPS) is 21.7. The highest BCUT2D eigenvalue weighted by atomic mass is 19.4. The van der Waals surface area contributed by atoms with Crippen molar-refractivity contribution < 1.29 is 22.7 Å². The molecule has 7 heteroatoms. The molecule has 1 unspecified atom stereocenters. The molecule has 1 N–H and O–H groups in total. The number of halogens is 3. The fourth-order valence-corrected chi connectivity index (χ4v) is 2.16. The molecule has 0 bridgehead atoms. The fraction of sp³-hybridized carbons (Fsp3) is 0.429. The van der Waals surface area contributed by atoms with Crippen molar-refractivity contribution in [1.82, 2.24) is 5.43 Å². The van der Waals surface area contributed by atoms with Crippen LogP contribution in [-0.2, 0) is 15.1 Å². The van der Waals surface area contributed by atoms with E-state index in [9.17, 15) is 18.0 Å². The Bertz CT molecular complexity index is 567. The second-order valence-corrected chi connectivity index (χ2v) is 4.84. The Kier molecular flexibility index (Phi) is 3.93. The van der Waals surface area contributed by atoms with Crippen LogP contribution in [0.4, 0.5) is 13.2 Å². The number of hydrogen-bond donors (Lipinski definition) is 1. The van der Waals surface area contributed by atoms with Gasteiger partial charge in [-0.1, -0.05) is 29.8 Å². The molecule has 0 fully saturated rings. The number of alkyl halides is 3. The number of rotatable bonds is 3. The van der Waals surface area contributed by atoms with Crippen molar-refractivity contribution >= 4 is 11.7 Å². The Hall–Kier alpha value is -2.05. The van der Waals surface area contributed by atoms with Gasteiger partial charge in [-0.15, -0.1) is 0 Å². The molecule has 1 aliphatic rings. The van der Waals surface area contributed by atoms with Crippen LogP contribution in [0.3, 0.4) is 0 Å². The summed E-state index contributed by atoms with van der Waals surface area (Å²) in [6.45, 7) is 3.45. The number of esters is 1. The summed E-state index contributed by atoms with van der Waals surface area (Å²) in [4.78, 5) is 11.6. The first-order valence-corrected chi connectivity index (χ1v) is 6.45. The molecule has 0 radical (unpaired) electrons. The topological polar surface area (TPSA) is 50.7 Å². The van der Waals surface area contributed by atoms with Crippen LogP contribution in [0.15, 0.2) is 29.4 Å². The maximum atomic E-state index is 13.5. The first-order chi connectivity index (χ1) is 9.80. The summed E-state index contributed by atoms with van der Waals surface area (Å²) >= 11 is 0. The first kappa shape index (κ1) is 15.3. The molecule has 21 heavy (non-hydrogen) atoms. The average Bonchev–Trinajstić information content (AvgIpc) is 2.86. The zero-order chi connectivity index (χ0) is 15.7. The maximum absolute atomic E-state index is 13.5. The zero-order valence-corrected chi connectivity index (χ0v) is 11.6. The standard InChI is InChI=1S/C14H15F3N2O2/c1-3-21-12(20)11-8-13(19-18-11,14(15,16)17)10-6-4-9(2)5-7-10/h4-7,19H,3,8H2,1-2H3. The van der Waals surface area contributed by atoms with Crippen molar-refractivity contribution in [3.8, 4) is 0 Å². The van der Waals surface area contributed by atoms with Gasteiger partial charge in [-0.3, -0.25) is 5.43 Å². The van der Waals surface area contributed by atoms with E-state index in [-0.39, 0.29) is 17.9 Å². The number of ether oxygens (including phenoxy) is 1. The van der Waals surface area contributed by atoms with Crippen LogP contribution in [0.25, 0.3) is 0 Å². The van der Waals surface area contributed by atoms with Gasteiger partial charge in [-0.2, -0.15) is 18.3 Å². The van der Waals surface area contributed by atoms with Crippen LogP contribution in [0.2, 0.25) is 0 Å². The molecule has 1 aromatic carbocycles. The quantitative estimate of drug-likeness (QED) is 0.873. The Morgan fingerprint density at radius 2 is 2.00 bits per heavy atom. The Balaban J connectivity index is 2.35. The highest BCUT2D eigenvalue weighted by molar-refractivity contribution is 6.37. The summed E-state index contributed by atoms with van der Waals surface area (Å²) < 4.78 is 45.3. The summed E-state index contributed by atoms with van der Waals surface area (Å²) in [7, 11) is 0. The van der Waals surface area contributed by atoms with Gasteiger partial charge in [-0.25, -0.2) is 4.79 Å². The van der Waals surface area contributed by atoms with Gasteiger partial charge in [0.2, 0.25) is 0 Å². The predicted molar refractivity (Wildman–Crippen MR) is 70.7 cm³/mol. The molecule has 0 saturated carbocycles. The third-order valence-corrected chi connectivity index (χ3v) is 3.35. The lowest BCUT2D eigenvalue weighted by atomic mass is 9.85. The number of hydrazone groups is 1. The molecule has 0 saturated heterocycles. The number of carbonyl (C=O) groups is 1. The van der Waals surface area contributed by atoms with Crippen LogP contribution in [0, 0.1) is 6.92 Å². The molecule has 0 aromatic heterocycles. The monoisotopic (exact) mass is 300 g/mol. The summed E-state index contributed by atoms with van der Waals surface area (Å²) in [6.07, 6.45) is -5.18. The van der Waals surface area contributed by atoms with E-state index in [1.807, 2.05) is 0 Å². The number of benzene rings is 1.